The number of amidine groups is 1. The summed E-state index contributed by atoms with van der Waals surface area (Å²) in [6.45, 7) is 2.61. The zero-order valence-corrected chi connectivity index (χ0v) is 16.7. The maximum atomic E-state index is 14.3. The van der Waals surface area contributed by atoms with E-state index >= 15 is 0 Å². The van der Waals surface area contributed by atoms with Crippen LogP contribution in [0.2, 0.25) is 0 Å². The second kappa shape index (κ2) is 9.38. The van der Waals surface area contributed by atoms with Gasteiger partial charge in [-0.05, 0) is 30.7 Å². The van der Waals surface area contributed by atoms with Crippen molar-refractivity contribution in [3.05, 3.63) is 52.7 Å². The number of hydrogen-bond acceptors (Lipinski definition) is 6. The number of aliphatic imine (C=N–C) groups is 1. The molecule has 0 radical (unpaired) electrons. The van der Waals surface area contributed by atoms with E-state index in [1.807, 2.05) is 6.07 Å². The molecule has 0 aromatic carbocycles. The minimum absolute atomic E-state index is 0.0249. The van der Waals surface area contributed by atoms with Crippen molar-refractivity contribution in [1.29, 1.82) is 5.26 Å². The lowest BCUT2D eigenvalue weighted by Gasteiger charge is -2.26. The molecule has 2 atom stereocenters. The third-order valence-corrected chi connectivity index (χ3v) is 4.21. The summed E-state index contributed by atoms with van der Waals surface area (Å²) in [5.41, 5.74) is 5.28. The number of carbonyl (C=O) groups excluding carboxylic acids is 1. The van der Waals surface area contributed by atoms with Gasteiger partial charge in [-0.25, -0.2) is 19.4 Å². The van der Waals surface area contributed by atoms with E-state index in [0.717, 1.165) is 26.1 Å². The minimum atomic E-state index is -4.90. The zero-order valence-electron chi connectivity index (χ0n) is 16.7. The lowest BCUT2D eigenvalue weighted by atomic mass is 9.99. The highest BCUT2D eigenvalue weighted by atomic mass is 19.4. The summed E-state index contributed by atoms with van der Waals surface area (Å²) in [7, 11) is 1.14. The van der Waals surface area contributed by atoms with Gasteiger partial charge in [0.2, 0.25) is 6.10 Å². The maximum absolute atomic E-state index is 14.3. The Hall–Kier alpha value is -3.75. The number of aryl methyl sites for hydroxylation is 1. The molecule has 2 rings (SSSR count). The monoisotopic (exact) mass is 438 g/mol. The van der Waals surface area contributed by atoms with Crippen LogP contribution in [-0.2, 0) is 4.74 Å². The predicted octanol–water partition coefficient (Wildman–Crippen LogP) is 3.04. The van der Waals surface area contributed by atoms with Gasteiger partial charge in [0, 0.05) is 19.2 Å². The number of rotatable bonds is 5. The van der Waals surface area contributed by atoms with E-state index in [2.05, 4.69) is 25.0 Å². The van der Waals surface area contributed by atoms with Gasteiger partial charge in [0.25, 0.3) is 11.9 Å². The first-order valence-electron chi connectivity index (χ1n) is 8.78. The van der Waals surface area contributed by atoms with Crippen LogP contribution in [0.15, 0.2) is 29.4 Å². The molecule has 2 aromatic rings. The Morgan fingerprint density at radius 3 is 2.61 bits per heavy atom. The first-order valence-corrected chi connectivity index (χ1v) is 8.78. The van der Waals surface area contributed by atoms with Crippen LogP contribution in [0.1, 0.15) is 40.2 Å². The molecule has 0 saturated heterocycles. The van der Waals surface area contributed by atoms with Gasteiger partial charge >= 0.3 is 6.18 Å². The van der Waals surface area contributed by atoms with Crippen molar-refractivity contribution in [3.63, 3.8) is 0 Å². The fraction of sp³-hybridized carbons (Fsp3) is 0.316. The van der Waals surface area contributed by atoms with Crippen molar-refractivity contribution in [2.45, 2.75) is 32.0 Å². The molecular formula is C19H18F4N6O2. The normalized spacial score (nSPS) is 13.8. The van der Waals surface area contributed by atoms with Crippen LogP contribution in [0.5, 0.6) is 0 Å². The Bertz CT molecular complexity index is 1050. The van der Waals surface area contributed by atoms with Gasteiger partial charge in [0.1, 0.15) is 23.4 Å². The predicted molar refractivity (Wildman–Crippen MR) is 103 cm³/mol. The lowest BCUT2D eigenvalue weighted by molar-refractivity contribution is -0.205. The molecule has 2 aromatic heterocycles. The molecular weight excluding hydrogens is 420 g/mol. The number of nitrogens with one attached hydrogen (secondary N) is 1. The molecule has 0 aliphatic heterocycles. The van der Waals surface area contributed by atoms with E-state index in [1.54, 1.807) is 6.92 Å². The molecule has 12 heteroatoms. The molecule has 0 aliphatic carbocycles. The summed E-state index contributed by atoms with van der Waals surface area (Å²) in [6, 6.07) is 4.57. The smallest absolute Gasteiger partial charge is 0.426 e. The van der Waals surface area contributed by atoms with E-state index in [-0.39, 0.29) is 17.1 Å². The highest BCUT2D eigenvalue weighted by molar-refractivity contribution is 6.03. The Labute approximate surface area is 174 Å². The molecule has 0 aliphatic rings. The first-order chi connectivity index (χ1) is 14.5. The van der Waals surface area contributed by atoms with Crippen molar-refractivity contribution >= 4 is 17.7 Å². The van der Waals surface area contributed by atoms with Gasteiger partial charge in [-0.1, -0.05) is 6.92 Å². The molecule has 0 bridgehead atoms. The first kappa shape index (κ1) is 23.5. The third kappa shape index (κ3) is 5.65. The summed E-state index contributed by atoms with van der Waals surface area (Å²) in [6.07, 6.45) is -6.23. The molecule has 164 valence electrons. The summed E-state index contributed by atoms with van der Waals surface area (Å²) in [4.78, 5) is 23.5. The minimum Gasteiger partial charge on any atom is -0.452 e. The van der Waals surface area contributed by atoms with Crippen molar-refractivity contribution in [3.8, 4) is 6.07 Å². The fourth-order valence-electron chi connectivity index (χ4n) is 2.67. The Morgan fingerprint density at radius 1 is 1.39 bits per heavy atom. The highest BCUT2D eigenvalue weighted by Crippen LogP contribution is 2.34. The lowest BCUT2D eigenvalue weighted by Crippen LogP contribution is -2.40. The number of nitrogens with zero attached hydrogens (tertiary/aromatic N) is 4. The number of carbonyl (C=O) groups is 1. The number of alkyl halides is 3. The second-order valence-corrected chi connectivity index (χ2v) is 6.45. The molecule has 0 saturated carbocycles. The van der Waals surface area contributed by atoms with E-state index in [4.69, 9.17) is 11.0 Å². The van der Waals surface area contributed by atoms with Crippen LogP contribution in [0.4, 0.5) is 23.4 Å². The standard InChI is InChI=1S/C19H18F4N6O2/c1-9-6-11(7-24)8-27-14(9)17(30)29-13-5-4-12(20)15(28-13)10(2)16(19(21,22)23)31-18(25)26-3/h4-6,8,10,16H,1-3H3,(H2,25,26)(H,28,29,30)/t10-,16+/m1/s1. The summed E-state index contributed by atoms with van der Waals surface area (Å²) >= 11 is 0. The Kier molecular flexibility index (Phi) is 7.12. The van der Waals surface area contributed by atoms with Gasteiger partial charge in [-0.3, -0.25) is 4.79 Å². The number of aromatic nitrogens is 2. The highest BCUT2D eigenvalue weighted by Gasteiger charge is 2.47. The Morgan fingerprint density at radius 2 is 2.06 bits per heavy atom. The molecule has 31 heavy (non-hydrogen) atoms. The summed E-state index contributed by atoms with van der Waals surface area (Å²) < 4.78 is 59.2. The van der Waals surface area contributed by atoms with Crippen LogP contribution < -0.4 is 11.1 Å². The fourth-order valence-corrected chi connectivity index (χ4v) is 2.67. The van der Waals surface area contributed by atoms with Crippen LogP contribution in [0.25, 0.3) is 0 Å². The van der Waals surface area contributed by atoms with Crippen LogP contribution in [-0.4, -0.2) is 41.2 Å². The molecule has 0 fully saturated rings. The van der Waals surface area contributed by atoms with Crippen LogP contribution in [0.3, 0.4) is 0 Å². The molecule has 3 N–H and O–H groups in total. The SMILES string of the molecule is CN=C(N)O[C@@H]([C@H](C)c1nc(NC(=O)c2ncc(C#N)cc2C)ccc1F)C(F)(F)F. The third-order valence-electron chi connectivity index (χ3n) is 4.21. The molecule has 2 heterocycles. The van der Waals surface area contributed by atoms with E-state index in [9.17, 15) is 22.4 Å². The van der Waals surface area contributed by atoms with Gasteiger partial charge in [0.05, 0.1) is 11.3 Å². The van der Waals surface area contributed by atoms with E-state index in [0.29, 0.717) is 5.56 Å². The largest absolute Gasteiger partial charge is 0.452 e. The molecule has 0 spiro atoms. The number of nitrogens with two attached hydrogens (primary N) is 1. The van der Waals surface area contributed by atoms with Crippen molar-refractivity contribution in [2.24, 2.45) is 10.7 Å². The van der Waals surface area contributed by atoms with E-state index in [1.165, 1.54) is 12.3 Å². The average molecular weight is 438 g/mol. The van der Waals surface area contributed by atoms with Gasteiger partial charge in [-0.15, -0.1) is 0 Å². The average Bonchev–Trinajstić information content (AvgIpc) is 2.71. The van der Waals surface area contributed by atoms with Crippen LogP contribution in [0, 0.1) is 24.1 Å². The van der Waals surface area contributed by atoms with Gasteiger partial charge < -0.3 is 15.8 Å². The molecule has 8 nitrogen and oxygen atoms in total. The maximum Gasteiger partial charge on any atom is 0.426 e. The molecule has 1 amide bonds. The van der Waals surface area contributed by atoms with Crippen molar-refractivity contribution < 1.29 is 27.1 Å². The molecule has 0 unspecified atom stereocenters. The quantitative estimate of drug-likeness (QED) is 0.420. The van der Waals surface area contributed by atoms with Gasteiger partial charge in [-0.2, -0.15) is 18.4 Å². The van der Waals surface area contributed by atoms with Gasteiger partial charge in [0.15, 0.2) is 0 Å². The topological polar surface area (TPSA) is 126 Å². The number of anilines is 1. The summed E-state index contributed by atoms with van der Waals surface area (Å²) in [5.74, 6) is -3.57. The summed E-state index contributed by atoms with van der Waals surface area (Å²) in [5, 5.41) is 11.2. The number of halogens is 4. The number of amides is 1. The number of ether oxygens (including phenoxy) is 1. The number of hydrogen-bond donors (Lipinski definition) is 2. The van der Waals surface area contributed by atoms with Crippen LogP contribution >= 0.6 is 0 Å². The van der Waals surface area contributed by atoms with Crippen molar-refractivity contribution in [1.82, 2.24) is 9.97 Å². The van der Waals surface area contributed by atoms with Crippen molar-refractivity contribution in [2.75, 3.05) is 12.4 Å². The Balaban J connectivity index is 2.34. The number of pyridine rings is 2. The second-order valence-electron chi connectivity index (χ2n) is 6.45. The zero-order chi connectivity index (χ0) is 23.3. The van der Waals surface area contributed by atoms with E-state index < -0.39 is 41.6 Å². The number of nitriles is 1.